The van der Waals surface area contributed by atoms with E-state index in [2.05, 4.69) is 13.8 Å². The number of nitrogens with zero attached hydrogens (tertiary/aromatic N) is 1. The normalized spacial score (nSPS) is 26.4. The molecule has 0 aromatic carbocycles. The zero-order valence-corrected chi connectivity index (χ0v) is 24.2. The Balaban J connectivity index is 1.68. The van der Waals surface area contributed by atoms with Gasteiger partial charge in [-0.2, -0.15) is 0 Å². The average molecular weight is 540 g/mol. The first-order valence-corrected chi connectivity index (χ1v) is 15.5. The van der Waals surface area contributed by atoms with Crippen molar-refractivity contribution in [3.63, 3.8) is 0 Å². The molecule has 38 heavy (non-hydrogen) atoms. The molecule has 2 aliphatic rings. The van der Waals surface area contributed by atoms with Crippen LogP contribution < -0.4 is 0 Å². The first-order valence-electron chi connectivity index (χ1n) is 15.5. The SMILES string of the molecule is CCCCCCCCOC(=O)C1CCC(OC(=O)C2CCC(OC(C)CCCCCC)C([N+](=O)[O-])C2)CC1. The third-order valence-corrected chi connectivity index (χ3v) is 8.26. The molecule has 0 aromatic rings. The Kier molecular flexibility index (Phi) is 15.9. The smallest absolute Gasteiger partial charge is 0.309 e. The molecule has 0 heterocycles. The first-order chi connectivity index (χ1) is 18.3. The van der Waals surface area contributed by atoms with Crippen LogP contribution in [0.3, 0.4) is 0 Å². The lowest BCUT2D eigenvalue weighted by Crippen LogP contribution is -2.45. The molecule has 0 bridgehead atoms. The van der Waals surface area contributed by atoms with Crippen molar-refractivity contribution < 1.29 is 28.7 Å². The minimum atomic E-state index is -0.878. The molecule has 0 saturated heterocycles. The summed E-state index contributed by atoms with van der Waals surface area (Å²) in [5.74, 6) is -1.06. The van der Waals surface area contributed by atoms with Gasteiger partial charge in [-0.15, -0.1) is 0 Å². The lowest BCUT2D eigenvalue weighted by atomic mass is 9.83. The summed E-state index contributed by atoms with van der Waals surface area (Å²) >= 11 is 0. The third-order valence-electron chi connectivity index (χ3n) is 8.26. The van der Waals surface area contributed by atoms with E-state index in [0.717, 1.165) is 32.1 Å². The van der Waals surface area contributed by atoms with Crippen molar-refractivity contribution in [2.45, 2.75) is 161 Å². The Hall–Kier alpha value is -1.70. The monoisotopic (exact) mass is 539 g/mol. The summed E-state index contributed by atoms with van der Waals surface area (Å²) in [5, 5.41) is 11.8. The molecule has 2 fully saturated rings. The second kappa shape index (κ2) is 18.6. The molecule has 2 aliphatic carbocycles. The van der Waals surface area contributed by atoms with Gasteiger partial charge in [0, 0.05) is 11.3 Å². The molecule has 8 nitrogen and oxygen atoms in total. The van der Waals surface area contributed by atoms with Crippen LogP contribution in [0.1, 0.15) is 136 Å². The number of unbranched alkanes of at least 4 members (excludes halogenated alkanes) is 8. The van der Waals surface area contributed by atoms with Gasteiger partial charge in [0.05, 0.1) is 24.5 Å². The lowest BCUT2D eigenvalue weighted by Gasteiger charge is -2.33. The molecule has 0 spiro atoms. The topological polar surface area (TPSA) is 105 Å². The highest BCUT2D eigenvalue weighted by Crippen LogP contribution is 2.33. The van der Waals surface area contributed by atoms with Crippen molar-refractivity contribution in [1.82, 2.24) is 0 Å². The minimum absolute atomic E-state index is 0.0181. The molecule has 0 aromatic heterocycles. The molecule has 0 radical (unpaired) electrons. The van der Waals surface area contributed by atoms with Crippen LogP contribution in [0.25, 0.3) is 0 Å². The van der Waals surface area contributed by atoms with E-state index in [-0.39, 0.29) is 41.4 Å². The molecule has 4 unspecified atom stereocenters. The highest BCUT2D eigenvalue weighted by Gasteiger charge is 2.43. The van der Waals surface area contributed by atoms with E-state index in [9.17, 15) is 19.7 Å². The molecule has 2 rings (SSSR count). The van der Waals surface area contributed by atoms with Gasteiger partial charge in [0.25, 0.3) is 0 Å². The summed E-state index contributed by atoms with van der Waals surface area (Å²) < 4.78 is 17.3. The van der Waals surface area contributed by atoms with Gasteiger partial charge in [0.15, 0.2) is 0 Å². The standard InChI is InChI=1S/C30H53NO7/c1-4-6-8-10-11-13-21-36-29(32)24-15-18-26(19-16-24)38-30(33)25-17-20-28(27(22-25)31(34)35)37-23(3)14-12-9-7-5-2/h23-28H,4-22H2,1-3H3. The maximum Gasteiger partial charge on any atom is 0.309 e. The number of carbonyl (C=O) groups excluding carboxylic acids is 2. The largest absolute Gasteiger partial charge is 0.465 e. The van der Waals surface area contributed by atoms with Gasteiger partial charge in [-0.3, -0.25) is 19.7 Å². The van der Waals surface area contributed by atoms with Gasteiger partial charge in [0.1, 0.15) is 12.2 Å². The van der Waals surface area contributed by atoms with E-state index in [1.54, 1.807) is 0 Å². The molecule has 220 valence electrons. The maximum absolute atomic E-state index is 12.9. The molecular weight excluding hydrogens is 486 g/mol. The molecule has 4 atom stereocenters. The number of esters is 2. The van der Waals surface area contributed by atoms with Crippen LogP contribution in [-0.2, 0) is 23.8 Å². The van der Waals surface area contributed by atoms with Crippen molar-refractivity contribution in [3.05, 3.63) is 10.1 Å². The number of ether oxygens (including phenoxy) is 3. The van der Waals surface area contributed by atoms with Crippen molar-refractivity contribution >= 4 is 11.9 Å². The second-order valence-corrected chi connectivity index (χ2v) is 11.5. The van der Waals surface area contributed by atoms with Gasteiger partial charge in [0.2, 0.25) is 6.04 Å². The summed E-state index contributed by atoms with van der Waals surface area (Å²) in [6.07, 6.45) is 15.5. The van der Waals surface area contributed by atoms with E-state index in [4.69, 9.17) is 14.2 Å². The zero-order chi connectivity index (χ0) is 27.8. The van der Waals surface area contributed by atoms with Crippen molar-refractivity contribution in [3.8, 4) is 0 Å². The van der Waals surface area contributed by atoms with Gasteiger partial charge in [-0.1, -0.05) is 71.6 Å². The summed E-state index contributed by atoms with van der Waals surface area (Å²) in [7, 11) is 0. The van der Waals surface area contributed by atoms with Crippen LogP contribution in [0.5, 0.6) is 0 Å². The average Bonchev–Trinajstić information content (AvgIpc) is 2.91. The fourth-order valence-electron chi connectivity index (χ4n) is 5.79. The summed E-state index contributed by atoms with van der Waals surface area (Å²) in [6, 6.07) is -0.878. The molecular formula is C30H53NO7. The predicted molar refractivity (Wildman–Crippen MR) is 147 cm³/mol. The van der Waals surface area contributed by atoms with Crippen LogP contribution in [0.2, 0.25) is 0 Å². The highest BCUT2D eigenvalue weighted by atomic mass is 16.6. The number of rotatable bonds is 18. The molecule has 0 N–H and O–H groups in total. The van der Waals surface area contributed by atoms with Crippen molar-refractivity contribution in [2.24, 2.45) is 11.8 Å². The minimum Gasteiger partial charge on any atom is -0.465 e. The lowest BCUT2D eigenvalue weighted by molar-refractivity contribution is -0.541. The summed E-state index contributed by atoms with van der Waals surface area (Å²) in [4.78, 5) is 36.8. The van der Waals surface area contributed by atoms with Gasteiger partial charge < -0.3 is 14.2 Å². The van der Waals surface area contributed by atoms with Crippen molar-refractivity contribution in [2.75, 3.05) is 6.61 Å². The fraction of sp³-hybridized carbons (Fsp3) is 0.933. The molecule has 0 aliphatic heterocycles. The summed E-state index contributed by atoms with van der Waals surface area (Å²) in [6.45, 7) is 6.84. The maximum atomic E-state index is 12.9. The second-order valence-electron chi connectivity index (χ2n) is 11.5. The van der Waals surface area contributed by atoms with Crippen LogP contribution in [0, 0.1) is 22.0 Å². The van der Waals surface area contributed by atoms with E-state index < -0.39 is 18.1 Å². The Morgan fingerprint density at radius 1 is 0.816 bits per heavy atom. The number of hydrogen-bond donors (Lipinski definition) is 0. The third kappa shape index (κ3) is 12.0. The van der Waals surface area contributed by atoms with Crippen molar-refractivity contribution in [1.29, 1.82) is 0 Å². The van der Waals surface area contributed by atoms with Gasteiger partial charge in [-0.25, -0.2) is 0 Å². The highest BCUT2D eigenvalue weighted by molar-refractivity contribution is 5.73. The predicted octanol–water partition coefficient (Wildman–Crippen LogP) is 7.18. The molecule has 8 heteroatoms. The van der Waals surface area contributed by atoms with E-state index >= 15 is 0 Å². The number of nitro groups is 1. The molecule has 2 saturated carbocycles. The van der Waals surface area contributed by atoms with Crippen LogP contribution in [0.15, 0.2) is 0 Å². The van der Waals surface area contributed by atoms with E-state index in [1.165, 1.54) is 38.5 Å². The quantitative estimate of drug-likeness (QED) is 0.0786. The van der Waals surface area contributed by atoms with Crippen LogP contribution in [0.4, 0.5) is 0 Å². The Bertz CT molecular complexity index is 692. The zero-order valence-electron chi connectivity index (χ0n) is 24.2. The van der Waals surface area contributed by atoms with Gasteiger partial charge in [-0.05, 0) is 58.3 Å². The van der Waals surface area contributed by atoms with E-state index in [0.29, 0.717) is 45.1 Å². The van der Waals surface area contributed by atoms with E-state index in [1.807, 2.05) is 6.92 Å². The Labute approximate surface area is 230 Å². The van der Waals surface area contributed by atoms with Crippen LogP contribution >= 0.6 is 0 Å². The Morgan fingerprint density at radius 3 is 2.08 bits per heavy atom. The van der Waals surface area contributed by atoms with Gasteiger partial charge >= 0.3 is 11.9 Å². The number of carbonyl (C=O) groups is 2. The molecule has 0 amide bonds. The number of hydrogen-bond acceptors (Lipinski definition) is 7. The first kappa shape index (κ1) is 32.5. The Morgan fingerprint density at radius 2 is 1.42 bits per heavy atom. The fourth-order valence-corrected chi connectivity index (χ4v) is 5.79. The van der Waals surface area contributed by atoms with Crippen LogP contribution in [-0.4, -0.2) is 47.8 Å². The summed E-state index contributed by atoms with van der Waals surface area (Å²) in [5.41, 5.74) is 0.